The zero-order valence-electron chi connectivity index (χ0n) is 40.8. The molecule has 3 saturated heterocycles. The number of carbonyl (C=O) groups is 4. The van der Waals surface area contributed by atoms with Gasteiger partial charge in [-0.3, -0.25) is 24.4 Å². The maximum absolute atomic E-state index is 14.7. The van der Waals surface area contributed by atoms with E-state index in [-0.39, 0.29) is 37.6 Å². The number of benzene rings is 1. The number of cyclic esters (lactones) is 1. The summed E-state index contributed by atoms with van der Waals surface area (Å²) in [6, 6.07) is 7.14. The maximum atomic E-state index is 14.7. The lowest BCUT2D eigenvalue weighted by atomic mass is 9.78. The molecule has 368 valence electrons. The fourth-order valence-corrected chi connectivity index (χ4v) is 12.5. The number of methoxy groups -OCH3 is 1. The zero-order chi connectivity index (χ0) is 48.9. The van der Waals surface area contributed by atoms with Crippen LogP contribution in [0.1, 0.15) is 96.0 Å². The van der Waals surface area contributed by atoms with Gasteiger partial charge < -0.3 is 29.2 Å². The van der Waals surface area contributed by atoms with Crippen molar-refractivity contribution in [1.29, 1.82) is 0 Å². The number of nitrogens with one attached hydrogen (secondary N) is 2. The number of fused-ring (bicyclic) bond motifs is 6. The van der Waals surface area contributed by atoms with Crippen LogP contribution in [0.4, 0.5) is 4.79 Å². The second kappa shape index (κ2) is 19.4. The average molecular weight is 974 g/mol. The SMILES string of the molecule is CCn1c(-c2cccnc2[C@H](C)OC)c2c3cc(ccc31)-c1csc(n1)C[C@H](NC(=O)[C@H](C(C)C)N(C)C(=O)N1CCC13CCCN(S(C)(=O)=O)C3)C(=O)N1CCCC(N1)C(=O)OCC(C)(C)C2. The number of pyridine rings is 1. The summed E-state index contributed by atoms with van der Waals surface area (Å²) < 4.78 is 40.8. The number of urea groups is 1. The molecule has 1 aromatic carbocycles. The molecule has 17 nitrogen and oxygen atoms in total. The number of aromatic nitrogens is 3. The van der Waals surface area contributed by atoms with Crippen molar-refractivity contribution in [3.05, 3.63) is 58.2 Å². The van der Waals surface area contributed by atoms with Gasteiger partial charge in [0, 0.05) is 92.3 Å². The van der Waals surface area contributed by atoms with Crippen molar-refractivity contribution >= 4 is 56.1 Å². The predicted molar refractivity (Wildman–Crippen MR) is 261 cm³/mol. The van der Waals surface area contributed by atoms with E-state index in [0.717, 1.165) is 44.7 Å². The molecule has 8 rings (SSSR count). The molecule has 4 aliphatic heterocycles. The molecule has 19 heteroatoms. The summed E-state index contributed by atoms with van der Waals surface area (Å²) in [6.45, 7) is 14.2. The number of amides is 4. The molecule has 5 atom stereocenters. The Kier molecular flexibility index (Phi) is 14.1. The summed E-state index contributed by atoms with van der Waals surface area (Å²) in [6.07, 6.45) is 6.28. The number of aryl methyl sites for hydroxylation is 1. The number of rotatable bonds is 9. The number of hydrogen-bond acceptors (Lipinski definition) is 12. The van der Waals surface area contributed by atoms with Gasteiger partial charge in [-0.05, 0) is 88.1 Å². The lowest BCUT2D eigenvalue weighted by Gasteiger charge is -2.57. The molecule has 2 N–H and O–H groups in total. The smallest absolute Gasteiger partial charge is 0.324 e. The largest absolute Gasteiger partial charge is 0.464 e. The van der Waals surface area contributed by atoms with Crippen molar-refractivity contribution < 1.29 is 37.1 Å². The molecule has 0 radical (unpaired) electrons. The van der Waals surface area contributed by atoms with Gasteiger partial charge >= 0.3 is 12.0 Å². The molecule has 68 heavy (non-hydrogen) atoms. The van der Waals surface area contributed by atoms with Crippen LogP contribution in [0.25, 0.3) is 33.4 Å². The average Bonchev–Trinajstić information content (AvgIpc) is 3.90. The van der Waals surface area contributed by atoms with E-state index >= 15 is 0 Å². The second-order valence-electron chi connectivity index (χ2n) is 20.2. The molecule has 6 bridgehead atoms. The number of piperidine rings is 1. The summed E-state index contributed by atoms with van der Waals surface area (Å²) in [7, 11) is -0.185. The third kappa shape index (κ3) is 9.65. The Hall–Kier alpha value is -4.95. The maximum Gasteiger partial charge on any atom is 0.324 e. The van der Waals surface area contributed by atoms with Gasteiger partial charge in [-0.2, -0.15) is 4.31 Å². The topological polar surface area (TPSA) is 189 Å². The van der Waals surface area contributed by atoms with Gasteiger partial charge in [0.15, 0.2) is 0 Å². The van der Waals surface area contributed by atoms with E-state index in [0.29, 0.717) is 69.7 Å². The molecular weight excluding hydrogens is 907 g/mol. The molecule has 4 aromatic rings. The van der Waals surface area contributed by atoms with Crippen molar-refractivity contribution in [3.63, 3.8) is 0 Å². The number of hydrogen-bond donors (Lipinski definition) is 2. The van der Waals surface area contributed by atoms with Crippen LogP contribution in [-0.2, 0) is 53.3 Å². The molecule has 3 fully saturated rings. The zero-order valence-corrected chi connectivity index (χ0v) is 42.5. The van der Waals surface area contributed by atoms with Crippen LogP contribution in [0.2, 0.25) is 0 Å². The number of nitrogens with zero attached hydrogens (tertiary/aromatic N) is 7. The Labute approximate surface area is 403 Å². The van der Waals surface area contributed by atoms with Crippen LogP contribution in [0.3, 0.4) is 0 Å². The summed E-state index contributed by atoms with van der Waals surface area (Å²) in [5, 5.41) is 8.08. The molecule has 7 heterocycles. The normalized spacial score (nSPS) is 23.5. The Morgan fingerprint density at radius 2 is 1.88 bits per heavy atom. The van der Waals surface area contributed by atoms with Crippen LogP contribution in [0, 0.1) is 11.3 Å². The van der Waals surface area contributed by atoms with E-state index < -0.39 is 56.9 Å². The van der Waals surface area contributed by atoms with Gasteiger partial charge in [0.2, 0.25) is 15.9 Å². The highest BCUT2D eigenvalue weighted by molar-refractivity contribution is 7.88. The number of ether oxygens (including phenoxy) is 2. The third-order valence-electron chi connectivity index (χ3n) is 14.4. The first-order valence-corrected chi connectivity index (χ1v) is 26.6. The van der Waals surface area contributed by atoms with Crippen LogP contribution in [0.15, 0.2) is 41.9 Å². The minimum atomic E-state index is -3.46. The first kappa shape index (κ1) is 49.5. The Balaban J connectivity index is 1.14. The van der Waals surface area contributed by atoms with Gasteiger partial charge in [-0.15, -0.1) is 11.3 Å². The highest BCUT2D eigenvalue weighted by atomic mass is 32.2. The summed E-state index contributed by atoms with van der Waals surface area (Å²) in [4.78, 5) is 70.6. The molecule has 2 unspecified atom stereocenters. The summed E-state index contributed by atoms with van der Waals surface area (Å²) >= 11 is 1.40. The van der Waals surface area contributed by atoms with Crippen molar-refractivity contribution in [1.82, 2.24) is 44.4 Å². The molecule has 0 aliphatic carbocycles. The lowest BCUT2D eigenvalue weighted by Crippen LogP contribution is -2.71. The number of likely N-dealkylation sites (N-methyl/N-ethyl adjacent to an activating group) is 1. The van der Waals surface area contributed by atoms with Crippen LogP contribution in [-0.4, -0.2) is 143 Å². The third-order valence-corrected chi connectivity index (χ3v) is 16.5. The molecule has 1 spiro atoms. The fraction of sp³-hybridized carbons (Fsp3) is 0.592. The summed E-state index contributed by atoms with van der Waals surface area (Å²) in [5.74, 6) is -1.77. The van der Waals surface area contributed by atoms with Gasteiger partial charge in [0.25, 0.3) is 5.91 Å². The van der Waals surface area contributed by atoms with Crippen molar-refractivity contribution in [2.24, 2.45) is 11.3 Å². The highest BCUT2D eigenvalue weighted by Gasteiger charge is 2.52. The number of hydrazine groups is 1. The molecule has 4 amide bonds. The molecule has 4 aliphatic rings. The van der Waals surface area contributed by atoms with Gasteiger partial charge in [-0.1, -0.05) is 33.8 Å². The molecular formula is C49H67N9O8S2. The number of sulfonamides is 1. The minimum Gasteiger partial charge on any atom is -0.464 e. The van der Waals surface area contributed by atoms with Crippen molar-refractivity contribution in [2.75, 3.05) is 53.2 Å². The lowest BCUT2D eigenvalue weighted by molar-refractivity contribution is -0.155. The quantitative estimate of drug-likeness (QED) is 0.194. The van der Waals surface area contributed by atoms with E-state index in [1.165, 1.54) is 31.8 Å². The van der Waals surface area contributed by atoms with Crippen LogP contribution < -0.4 is 10.7 Å². The van der Waals surface area contributed by atoms with Gasteiger partial charge in [-0.25, -0.2) is 23.6 Å². The van der Waals surface area contributed by atoms with E-state index in [2.05, 4.69) is 60.3 Å². The standard InChI is InChI=1S/C49H67N9O8S2/c1-10-56-39-17-16-32-24-34(39)35(43(56)33-14-11-20-50-41(33)31(4)65-8)26-48(5,6)29-66-46(61)36-15-12-22-58(53-36)45(60)37(25-40-51-38(32)27-67-40)52-44(59)42(30(2)3)54(7)47(62)57-23-19-49(57)18-13-21-55(28-49)68(9,63)64/h11,14,16-17,20,24,27,30-31,36-37,42,53H,10,12-13,15,18-19,21-23,25-26,28-29H2,1-9H3,(H,52,59)/t31-,36?,37-,42-,49?/m0/s1. The van der Waals surface area contributed by atoms with Crippen molar-refractivity contribution in [3.8, 4) is 22.5 Å². The Morgan fingerprint density at radius 1 is 1.10 bits per heavy atom. The number of thiazole rings is 1. The highest BCUT2D eigenvalue weighted by Crippen LogP contribution is 2.43. The number of esters is 1. The first-order chi connectivity index (χ1) is 32.3. The van der Waals surface area contributed by atoms with E-state index in [1.54, 1.807) is 25.3 Å². The number of carbonyl (C=O) groups excluding carboxylic acids is 4. The van der Waals surface area contributed by atoms with Crippen LogP contribution in [0.5, 0.6) is 0 Å². The molecule has 0 saturated carbocycles. The van der Waals surface area contributed by atoms with Crippen molar-refractivity contribution in [2.45, 2.75) is 123 Å². The van der Waals surface area contributed by atoms with Crippen LogP contribution >= 0.6 is 11.3 Å². The minimum absolute atomic E-state index is 0.0566. The Morgan fingerprint density at radius 3 is 2.57 bits per heavy atom. The second-order valence-corrected chi connectivity index (χ2v) is 23.1. The van der Waals surface area contributed by atoms with E-state index in [9.17, 15) is 27.6 Å². The predicted octanol–water partition coefficient (Wildman–Crippen LogP) is 5.78. The monoisotopic (exact) mass is 973 g/mol. The van der Waals surface area contributed by atoms with E-state index in [4.69, 9.17) is 19.4 Å². The molecule has 3 aromatic heterocycles. The number of likely N-dealkylation sites (tertiary alicyclic amines) is 1. The van der Waals surface area contributed by atoms with Gasteiger partial charge in [0.05, 0.1) is 46.6 Å². The van der Waals surface area contributed by atoms with Gasteiger partial charge in [0.1, 0.15) is 18.1 Å². The first-order valence-electron chi connectivity index (χ1n) is 23.9. The summed E-state index contributed by atoms with van der Waals surface area (Å²) in [5.41, 5.74) is 8.56. The van der Waals surface area contributed by atoms with E-state index in [1.807, 2.05) is 32.2 Å². The fourth-order valence-electron chi connectivity index (χ4n) is 10.7. The Bertz CT molecular complexity index is 2680.